The molecule has 3 aromatic rings. The van der Waals surface area contributed by atoms with Crippen molar-refractivity contribution in [2.75, 3.05) is 10.6 Å². The van der Waals surface area contributed by atoms with Crippen LogP contribution in [0.4, 0.5) is 17.3 Å². The molecule has 0 atom stereocenters. The third-order valence-corrected chi connectivity index (χ3v) is 3.42. The molecule has 1 amide bonds. The number of nitrogens with two attached hydrogens (primary N) is 1. The van der Waals surface area contributed by atoms with Crippen molar-refractivity contribution in [1.29, 1.82) is 0 Å². The second kappa shape index (κ2) is 7.23. The number of hydrogen-bond acceptors (Lipinski definition) is 5. The average Bonchev–Trinajstić information content (AvgIpc) is 2.61. The van der Waals surface area contributed by atoms with Gasteiger partial charge in [0.1, 0.15) is 11.6 Å². The number of benzene rings is 1. The number of aromatic nitrogens is 2. The number of amides is 1. The van der Waals surface area contributed by atoms with E-state index in [9.17, 15) is 4.79 Å². The predicted molar refractivity (Wildman–Crippen MR) is 94.0 cm³/mol. The minimum atomic E-state index is -0.526. The Balaban J connectivity index is 1.82. The van der Waals surface area contributed by atoms with Gasteiger partial charge in [-0.25, -0.2) is 9.97 Å². The fraction of sp³-hybridized carbons (Fsp3) is 0.0556. The van der Waals surface area contributed by atoms with Crippen molar-refractivity contribution in [2.24, 2.45) is 5.73 Å². The van der Waals surface area contributed by atoms with Gasteiger partial charge in [-0.05, 0) is 17.7 Å². The molecule has 0 fully saturated rings. The smallest absolute Gasteiger partial charge is 0.252 e. The van der Waals surface area contributed by atoms with Gasteiger partial charge in [0.15, 0.2) is 0 Å². The van der Waals surface area contributed by atoms with Crippen LogP contribution in [0.3, 0.4) is 0 Å². The quantitative estimate of drug-likeness (QED) is 0.649. The van der Waals surface area contributed by atoms with Crippen molar-refractivity contribution in [3.8, 4) is 0 Å². The van der Waals surface area contributed by atoms with Crippen LogP contribution < -0.4 is 16.4 Å². The Bertz CT molecular complexity index is 821. The number of nitrogens with zero attached hydrogens (tertiary/aromatic N) is 2. The highest BCUT2D eigenvalue weighted by Gasteiger charge is 2.10. The molecule has 0 saturated heterocycles. The second-order valence-corrected chi connectivity index (χ2v) is 5.16. The van der Waals surface area contributed by atoms with E-state index in [2.05, 4.69) is 20.6 Å². The SMILES string of the molecule is NC(=O)c1cnc(Nc2ccccn2)cc1NCc1ccccc1. The molecule has 0 saturated carbocycles. The minimum Gasteiger partial charge on any atom is -0.380 e. The van der Waals surface area contributed by atoms with E-state index < -0.39 is 5.91 Å². The van der Waals surface area contributed by atoms with Gasteiger partial charge < -0.3 is 16.4 Å². The molecule has 0 bridgehead atoms. The summed E-state index contributed by atoms with van der Waals surface area (Å²) >= 11 is 0. The van der Waals surface area contributed by atoms with Gasteiger partial charge in [-0.1, -0.05) is 36.4 Å². The molecule has 0 spiro atoms. The van der Waals surface area contributed by atoms with E-state index in [0.717, 1.165) is 5.56 Å². The summed E-state index contributed by atoms with van der Waals surface area (Å²) in [5.41, 5.74) is 7.51. The van der Waals surface area contributed by atoms with Gasteiger partial charge in [0.05, 0.1) is 11.3 Å². The van der Waals surface area contributed by atoms with E-state index in [4.69, 9.17) is 5.73 Å². The van der Waals surface area contributed by atoms with Gasteiger partial charge in [0, 0.05) is 25.0 Å². The highest BCUT2D eigenvalue weighted by atomic mass is 16.1. The van der Waals surface area contributed by atoms with Gasteiger partial charge >= 0.3 is 0 Å². The Labute approximate surface area is 139 Å². The predicted octanol–water partition coefficient (Wildman–Crippen LogP) is 2.93. The van der Waals surface area contributed by atoms with E-state index in [1.807, 2.05) is 48.5 Å². The van der Waals surface area contributed by atoms with Gasteiger partial charge in [0.2, 0.25) is 0 Å². The third kappa shape index (κ3) is 3.86. The molecule has 2 aromatic heterocycles. The summed E-state index contributed by atoms with van der Waals surface area (Å²) in [4.78, 5) is 20.0. The van der Waals surface area contributed by atoms with E-state index in [1.165, 1.54) is 6.20 Å². The maximum absolute atomic E-state index is 11.6. The normalized spacial score (nSPS) is 10.2. The van der Waals surface area contributed by atoms with Gasteiger partial charge in [-0.3, -0.25) is 4.79 Å². The van der Waals surface area contributed by atoms with Crippen molar-refractivity contribution < 1.29 is 4.79 Å². The molecule has 0 aliphatic heterocycles. The first-order valence-electron chi connectivity index (χ1n) is 7.48. The highest BCUT2D eigenvalue weighted by molar-refractivity contribution is 5.98. The van der Waals surface area contributed by atoms with Crippen LogP contribution in [-0.2, 0) is 6.54 Å². The van der Waals surface area contributed by atoms with Crippen LogP contribution in [0.2, 0.25) is 0 Å². The standard InChI is InChI=1S/C18H17N5O/c19-18(24)14-12-22-17(23-16-8-4-5-9-20-16)10-15(14)21-11-13-6-2-1-3-7-13/h1-10,12H,11H2,(H2,19,24)(H2,20,21,22,23). The second-order valence-electron chi connectivity index (χ2n) is 5.16. The van der Waals surface area contributed by atoms with E-state index in [0.29, 0.717) is 29.4 Å². The molecule has 1 aromatic carbocycles. The first-order chi connectivity index (χ1) is 11.7. The number of carbonyl (C=O) groups is 1. The summed E-state index contributed by atoms with van der Waals surface area (Å²) in [6, 6.07) is 17.2. The molecule has 6 nitrogen and oxygen atoms in total. The number of hydrogen-bond donors (Lipinski definition) is 3. The molecular formula is C18H17N5O. The summed E-state index contributed by atoms with van der Waals surface area (Å²) in [5.74, 6) is 0.725. The molecule has 24 heavy (non-hydrogen) atoms. The number of nitrogens with one attached hydrogen (secondary N) is 2. The first kappa shape index (κ1) is 15.5. The van der Waals surface area contributed by atoms with Crippen LogP contribution in [0.15, 0.2) is 67.0 Å². The van der Waals surface area contributed by atoms with E-state index in [1.54, 1.807) is 12.3 Å². The van der Waals surface area contributed by atoms with Gasteiger partial charge in [0.25, 0.3) is 5.91 Å². The number of pyridine rings is 2. The Morgan fingerprint density at radius 3 is 2.50 bits per heavy atom. The lowest BCUT2D eigenvalue weighted by atomic mass is 10.2. The lowest BCUT2D eigenvalue weighted by molar-refractivity contribution is 0.100. The monoisotopic (exact) mass is 319 g/mol. The fourth-order valence-electron chi connectivity index (χ4n) is 2.23. The third-order valence-electron chi connectivity index (χ3n) is 3.42. The number of primary amides is 1. The highest BCUT2D eigenvalue weighted by Crippen LogP contribution is 2.21. The van der Waals surface area contributed by atoms with Crippen molar-refractivity contribution in [3.05, 3.63) is 78.1 Å². The zero-order valence-electron chi connectivity index (χ0n) is 12.9. The summed E-state index contributed by atoms with van der Waals surface area (Å²) < 4.78 is 0. The van der Waals surface area contributed by atoms with Crippen molar-refractivity contribution in [3.63, 3.8) is 0 Å². The number of rotatable bonds is 6. The molecule has 4 N–H and O–H groups in total. The largest absolute Gasteiger partial charge is 0.380 e. The number of anilines is 3. The maximum Gasteiger partial charge on any atom is 0.252 e. The van der Waals surface area contributed by atoms with Crippen LogP contribution >= 0.6 is 0 Å². The lowest BCUT2D eigenvalue weighted by Crippen LogP contribution is -2.15. The molecule has 3 rings (SSSR count). The summed E-state index contributed by atoms with van der Waals surface area (Å²) in [6.07, 6.45) is 3.15. The summed E-state index contributed by atoms with van der Waals surface area (Å²) in [7, 11) is 0. The van der Waals surface area contributed by atoms with Crippen molar-refractivity contribution >= 4 is 23.2 Å². The van der Waals surface area contributed by atoms with Crippen molar-refractivity contribution in [1.82, 2.24) is 9.97 Å². The Morgan fingerprint density at radius 2 is 1.79 bits per heavy atom. The first-order valence-corrected chi connectivity index (χ1v) is 7.48. The minimum absolute atomic E-state index is 0.345. The lowest BCUT2D eigenvalue weighted by Gasteiger charge is -2.12. The van der Waals surface area contributed by atoms with Gasteiger partial charge in [-0.15, -0.1) is 0 Å². The number of carbonyl (C=O) groups excluding carboxylic acids is 1. The van der Waals surface area contributed by atoms with Crippen LogP contribution in [0.1, 0.15) is 15.9 Å². The topological polar surface area (TPSA) is 92.9 Å². The molecule has 2 heterocycles. The Morgan fingerprint density at radius 1 is 1.00 bits per heavy atom. The van der Waals surface area contributed by atoms with Crippen LogP contribution in [0, 0.1) is 0 Å². The molecule has 0 aliphatic rings. The molecular weight excluding hydrogens is 302 g/mol. The Hall–Kier alpha value is -3.41. The zero-order valence-corrected chi connectivity index (χ0v) is 12.9. The maximum atomic E-state index is 11.6. The van der Waals surface area contributed by atoms with Crippen LogP contribution in [0.5, 0.6) is 0 Å². The molecule has 0 unspecified atom stereocenters. The van der Waals surface area contributed by atoms with E-state index in [-0.39, 0.29) is 0 Å². The summed E-state index contributed by atoms with van der Waals surface area (Å²) in [6.45, 7) is 0.578. The molecule has 6 heteroatoms. The van der Waals surface area contributed by atoms with E-state index >= 15 is 0 Å². The van der Waals surface area contributed by atoms with Crippen LogP contribution in [0.25, 0.3) is 0 Å². The molecule has 0 aliphatic carbocycles. The average molecular weight is 319 g/mol. The molecule has 120 valence electrons. The molecule has 0 radical (unpaired) electrons. The fourth-order valence-corrected chi connectivity index (χ4v) is 2.23. The van der Waals surface area contributed by atoms with Gasteiger partial charge in [-0.2, -0.15) is 0 Å². The summed E-state index contributed by atoms with van der Waals surface area (Å²) in [5, 5.41) is 6.33. The zero-order chi connectivity index (χ0) is 16.8. The van der Waals surface area contributed by atoms with Crippen molar-refractivity contribution in [2.45, 2.75) is 6.54 Å². The van der Waals surface area contributed by atoms with Crippen LogP contribution in [-0.4, -0.2) is 15.9 Å². The Kier molecular flexibility index (Phi) is 4.67.